The van der Waals surface area contributed by atoms with Crippen molar-refractivity contribution in [3.63, 3.8) is 0 Å². The molecule has 1 aliphatic carbocycles. The summed E-state index contributed by atoms with van der Waals surface area (Å²) in [6.07, 6.45) is 4.75. The maximum atomic E-state index is 3.70. The predicted octanol–water partition coefficient (Wildman–Crippen LogP) is 4.04. The summed E-state index contributed by atoms with van der Waals surface area (Å²) in [6.45, 7) is 2.28. The van der Waals surface area contributed by atoms with Gasteiger partial charge in [0, 0.05) is 22.3 Å². The highest BCUT2D eigenvalue weighted by molar-refractivity contribution is 9.10. The van der Waals surface area contributed by atoms with Gasteiger partial charge >= 0.3 is 0 Å². The van der Waals surface area contributed by atoms with Crippen molar-refractivity contribution in [2.45, 2.75) is 37.8 Å². The van der Waals surface area contributed by atoms with Gasteiger partial charge in [-0.15, -0.1) is 0 Å². The zero-order valence-electron chi connectivity index (χ0n) is 10.4. The Hall–Kier alpha value is 0.01000. The van der Waals surface area contributed by atoms with E-state index in [1.807, 2.05) is 11.8 Å². The lowest BCUT2D eigenvalue weighted by Crippen LogP contribution is -2.45. The van der Waals surface area contributed by atoms with Crippen LogP contribution in [0.4, 0.5) is 0 Å². The monoisotopic (exact) mass is 313 g/mol. The first-order valence-electron chi connectivity index (χ1n) is 6.19. The topological polar surface area (TPSA) is 12.0 Å². The largest absolute Gasteiger partial charge is 0.311 e. The quantitative estimate of drug-likeness (QED) is 0.880. The van der Waals surface area contributed by atoms with E-state index in [1.165, 1.54) is 28.6 Å². The van der Waals surface area contributed by atoms with Crippen molar-refractivity contribution in [3.05, 3.63) is 34.3 Å². The third kappa shape index (κ3) is 3.73. The Balaban J connectivity index is 1.77. The third-order valence-electron chi connectivity index (χ3n) is 3.42. The van der Waals surface area contributed by atoms with E-state index in [0.717, 1.165) is 12.0 Å². The van der Waals surface area contributed by atoms with Gasteiger partial charge in [0.25, 0.3) is 0 Å². The normalized spacial score (nSPS) is 25.4. The lowest BCUT2D eigenvalue weighted by atomic mass is 9.75. The SMILES string of the molecule is CSCC(C)NC1CC(c2ccc(Br)cc2)C1. The second kappa shape index (κ2) is 6.26. The van der Waals surface area contributed by atoms with Gasteiger partial charge in [-0.05, 0) is 49.6 Å². The van der Waals surface area contributed by atoms with E-state index in [-0.39, 0.29) is 0 Å². The molecular formula is C14H20BrNS. The molecule has 0 saturated heterocycles. The fourth-order valence-electron chi connectivity index (χ4n) is 2.46. The summed E-state index contributed by atoms with van der Waals surface area (Å²) in [5, 5.41) is 3.70. The van der Waals surface area contributed by atoms with Crippen LogP contribution < -0.4 is 5.32 Å². The van der Waals surface area contributed by atoms with Crippen molar-refractivity contribution in [1.82, 2.24) is 5.32 Å². The van der Waals surface area contributed by atoms with Gasteiger partial charge < -0.3 is 5.32 Å². The molecule has 0 radical (unpaired) electrons. The van der Waals surface area contributed by atoms with E-state index in [1.54, 1.807) is 0 Å². The first kappa shape index (κ1) is 13.4. The van der Waals surface area contributed by atoms with E-state index in [4.69, 9.17) is 0 Å². The van der Waals surface area contributed by atoms with Crippen LogP contribution in [0.5, 0.6) is 0 Å². The maximum absolute atomic E-state index is 3.70. The van der Waals surface area contributed by atoms with Crippen molar-refractivity contribution in [1.29, 1.82) is 0 Å². The molecule has 0 spiro atoms. The maximum Gasteiger partial charge on any atom is 0.0175 e. The summed E-state index contributed by atoms with van der Waals surface area (Å²) in [5.41, 5.74) is 1.49. The molecule has 0 bridgehead atoms. The van der Waals surface area contributed by atoms with Crippen LogP contribution in [0.1, 0.15) is 31.2 Å². The molecule has 1 aliphatic rings. The van der Waals surface area contributed by atoms with E-state index in [2.05, 4.69) is 58.7 Å². The minimum absolute atomic E-state index is 0.640. The number of hydrogen-bond acceptors (Lipinski definition) is 2. The molecule has 2 rings (SSSR count). The summed E-state index contributed by atoms with van der Waals surface area (Å²) in [6, 6.07) is 10.2. The standard InChI is InChI=1S/C14H20BrNS/c1-10(9-17-2)16-14-7-12(8-14)11-3-5-13(15)6-4-11/h3-6,10,12,14,16H,7-9H2,1-2H3. The minimum atomic E-state index is 0.640. The van der Waals surface area contributed by atoms with E-state index in [0.29, 0.717) is 6.04 Å². The second-order valence-corrected chi connectivity index (χ2v) is 6.77. The molecule has 1 N–H and O–H groups in total. The van der Waals surface area contributed by atoms with Gasteiger partial charge in [-0.2, -0.15) is 11.8 Å². The van der Waals surface area contributed by atoms with Crippen LogP contribution in [0.25, 0.3) is 0 Å². The second-order valence-electron chi connectivity index (χ2n) is 4.94. The van der Waals surface area contributed by atoms with Gasteiger partial charge in [-0.25, -0.2) is 0 Å². The zero-order valence-corrected chi connectivity index (χ0v) is 12.9. The van der Waals surface area contributed by atoms with Gasteiger partial charge in [0.2, 0.25) is 0 Å². The van der Waals surface area contributed by atoms with Gasteiger partial charge in [-0.3, -0.25) is 0 Å². The van der Waals surface area contributed by atoms with Crippen molar-refractivity contribution < 1.29 is 0 Å². The molecule has 1 unspecified atom stereocenters. The van der Waals surface area contributed by atoms with Crippen molar-refractivity contribution >= 4 is 27.7 Å². The summed E-state index contributed by atoms with van der Waals surface area (Å²) in [7, 11) is 0. The average molecular weight is 314 g/mol. The molecule has 0 amide bonds. The summed E-state index contributed by atoms with van der Waals surface area (Å²) in [5.74, 6) is 1.97. The van der Waals surface area contributed by atoms with Crippen LogP contribution in [-0.4, -0.2) is 24.1 Å². The van der Waals surface area contributed by atoms with Crippen LogP contribution in [-0.2, 0) is 0 Å². The van der Waals surface area contributed by atoms with Crippen molar-refractivity contribution in [2.75, 3.05) is 12.0 Å². The molecule has 1 aromatic rings. The Kier molecular flexibility index (Phi) is 4.95. The Bertz CT molecular complexity index is 346. The molecule has 1 nitrogen and oxygen atoms in total. The van der Waals surface area contributed by atoms with E-state index < -0.39 is 0 Å². The van der Waals surface area contributed by atoms with Crippen LogP contribution >= 0.6 is 27.7 Å². The fourth-order valence-corrected chi connectivity index (χ4v) is 3.32. The highest BCUT2D eigenvalue weighted by Gasteiger charge is 2.30. The highest BCUT2D eigenvalue weighted by atomic mass is 79.9. The Morgan fingerprint density at radius 3 is 2.59 bits per heavy atom. The first-order chi connectivity index (χ1) is 8.19. The number of hydrogen-bond donors (Lipinski definition) is 1. The minimum Gasteiger partial charge on any atom is -0.311 e. The number of benzene rings is 1. The molecule has 1 atom stereocenters. The summed E-state index contributed by atoms with van der Waals surface area (Å²) < 4.78 is 1.17. The van der Waals surface area contributed by atoms with Gasteiger partial charge in [0.05, 0.1) is 0 Å². The number of rotatable bonds is 5. The average Bonchev–Trinajstić information content (AvgIpc) is 2.25. The third-order valence-corrected chi connectivity index (χ3v) is 4.78. The van der Waals surface area contributed by atoms with Crippen LogP contribution in [0, 0.1) is 0 Å². The van der Waals surface area contributed by atoms with Crippen LogP contribution in [0.3, 0.4) is 0 Å². The van der Waals surface area contributed by atoms with E-state index >= 15 is 0 Å². The fraction of sp³-hybridized carbons (Fsp3) is 0.571. The highest BCUT2D eigenvalue weighted by Crippen LogP contribution is 2.37. The predicted molar refractivity (Wildman–Crippen MR) is 80.9 cm³/mol. The Morgan fingerprint density at radius 1 is 1.35 bits per heavy atom. The van der Waals surface area contributed by atoms with Crippen molar-refractivity contribution in [2.24, 2.45) is 0 Å². The molecule has 1 fully saturated rings. The molecule has 1 saturated carbocycles. The van der Waals surface area contributed by atoms with Gasteiger partial charge in [0.15, 0.2) is 0 Å². The Morgan fingerprint density at radius 2 is 2.00 bits per heavy atom. The van der Waals surface area contributed by atoms with E-state index in [9.17, 15) is 0 Å². The van der Waals surface area contributed by atoms with Gasteiger partial charge in [-0.1, -0.05) is 28.1 Å². The van der Waals surface area contributed by atoms with Crippen molar-refractivity contribution in [3.8, 4) is 0 Å². The molecule has 1 aromatic carbocycles. The number of nitrogens with one attached hydrogen (secondary N) is 1. The molecule has 17 heavy (non-hydrogen) atoms. The molecule has 0 heterocycles. The van der Waals surface area contributed by atoms with Gasteiger partial charge in [0.1, 0.15) is 0 Å². The molecule has 0 aromatic heterocycles. The molecular weight excluding hydrogens is 294 g/mol. The molecule has 94 valence electrons. The lowest BCUT2D eigenvalue weighted by molar-refractivity contribution is 0.276. The smallest absolute Gasteiger partial charge is 0.0175 e. The first-order valence-corrected chi connectivity index (χ1v) is 8.38. The summed E-state index contributed by atoms with van der Waals surface area (Å²) in [4.78, 5) is 0. The number of halogens is 1. The van der Waals surface area contributed by atoms with Crippen LogP contribution in [0.2, 0.25) is 0 Å². The summed E-state index contributed by atoms with van der Waals surface area (Å²) >= 11 is 5.40. The molecule has 0 aliphatic heterocycles. The number of thioether (sulfide) groups is 1. The Labute approximate surface area is 117 Å². The molecule has 3 heteroatoms. The zero-order chi connectivity index (χ0) is 12.3. The van der Waals surface area contributed by atoms with Crippen LogP contribution in [0.15, 0.2) is 28.7 Å². The lowest BCUT2D eigenvalue weighted by Gasteiger charge is -2.38.